The molecule has 0 aliphatic heterocycles. The number of aromatic nitrogens is 1. The van der Waals surface area contributed by atoms with Gasteiger partial charge in [-0.3, -0.25) is 15.6 Å². The molecule has 0 unspecified atom stereocenters. The normalized spacial score (nSPS) is 22.3. The van der Waals surface area contributed by atoms with Crippen molar-refractivity contribution in [2.45, 2.75) is 51.5 Å². The summed E-state index contributed by atoms with van der Waals surface area (Å²) in [6.07, 6.45) is 10.3. The van der Waals surface area contributed by atoms with E-state index in [-0.39, 0.29) is 11.9 Å². The van der Waals surface area contributed by atoms with Crippen LogP contribution in [0.1, 0.15) is 55.8 Å². The second-order valence-electron chi connectivity index (χ2n) is 5.55. The Morgan fingerprint density at radius 3 is 2.80 bits per heavy atom. The maximum atomic E-state index is 12.3. The Balaban J connectivity index is 1.89. The molecule has 1 aliphatic rings. The summed E-state index contributed by atoms with van der Waals surface area (Å²) in [5, 5.41) is 3.10. The molecule has 5 heteroatoms. The van der Waals surface area contributed by atoms with Crippen molar-refractivity contribution in [3.05, 3.63) is 24.0 Å². The van der Waals surface area contributed by atoms with Crippen LogP contribution < -0.4 is 16.6 Å². The Hall–Kier alpha value is -1.62. The van der Waals surface area contributed by atoms with E-state index in [1.54, 1.807) is 18.5 Å². The first-order valence-electron chi connectivity index (χ1n) is 7.46. The molecule has 0 atom stereocenters. The molecule has 0 saturated heterocycles. The zero-order valence-corrected chi connectivity index (χ0v) is 12.1. The Kier molecular flexibility index (Phi) is 5.35. The van der Waals surface area contributed by atoms with Gasteiger partial charge in [0.15, 0.2) is 0 Å². The molecule has 1 aromatic heterocycles. The van der Waals surface area contributed by atoms with E-state index in [2.05, 4.69) is 22.7 Å². The van der Waals surface area contributed by atoms with Gasteiger partial charge in [0.05, 0.1) is 11.3 Å². The number of carbonyl (C=O) groups excluding carboxylic acids is 1. The van der Waals surface area contributed by atoms with Crippen molar-refractivity contribution >= 4 is 11.6 Å². The van der Waals surface area contributed by atoms with Crippen LogP contribution in [0.2, 0.25) is 0 Å². The molecule has 1 aliphatic carbocycles. The fraction of sp³-hybridized carbons (Fsp3) is 0.600. The fourth-order valence-corrected chi connectivity index (χ4v) is 2.97. The van der Waals surface area contributed by atoms with E-state index in [1.165, 1.54) is 25.7 Å². The van der Waals surface area contributed by atoms with Crippen LogP contribution in [0.3, 0.4) is 0 Å². The van der Waals surface area contributed by atoms with Gasteiger partial charge in [-0.15, -0.1) is 0 Å². The lowest BCUT2D eigenvalue weighted by atomic mass is 9.83. The van der Waals surface area contributed by atoms with Crippen LogP contribution >= 0.6 is 0 Å². The van der Waals surface area contributed by atoms with Crippen LogP contribution in [-0.4, -0.2) is 16.9 Å². The second-order valence-corrected chi connectivity index (χ2v) is 5.55. The molecule has 2 rings (SSSR count). The average Bonchev–Trinajstić information content (AvgIpc) is 2.49. The molecule has 1 fully saturated rings. The van der Waals surface area contributed by atoms with Gasteiger partial charge in [-0.1, -0.05) is 19.8 Å². The van der Waals surface area contributed by atoms with Crippen LogP contribution in [0.15, 0.2) is 18.5 Å². The highest BCUT2D eigenvalue weighted by Crippen LogP contribution is 2.28. The molecule has 20 heavy (non-hydrogen) atoms. The number of hydrogen-bond acceptors (Lipinski definition) is 4. The number of rotatable bonds is 5. The minimum absolute atomic E-state index is 0.0926. The molecule has 1 aromatic rings. The summed E-state index contributed by atoms with van der Waals surface area (Å²) in [5.74, 6) is 6.16. The highest BCUT2D eigenvalue weighted by atomic mass is 16.1. The maximum Gasteiger partial charge on any atom is 0.255 e. The van der Waals surface area contributed by atoms with Crippen molar-refractivity contribution in [3.63, 3.8) is 0 Å². The topological polar surface area (TPSA) is 80.0 Å². The Morgan fingerprint density at radius 1 is 1.40 bits per heavy atom. The number of nitrogens with zero attached hydrogens (tertiary/aromatic N) is 1. The molecule has 110 valence electrons. The van der Waals surface area contributed by atoms with Gasteiger partial charge >= 0.3 is 0 Å². The molecular weight excluding hydrogens is 252 g/mol. The number of carbonyl (C=O) groups is 1. The van der Waals surface area contributed by atoms with E-state index in [0.717, 1.165) is 18.8 Å². The lowest BCUT2D eigenvalue weighted by molar-refractivity contribution is 0.0921. The Labute approximate surface area is 120 Å². The van der Waals surface area contributed by atoms with Gasteiger partial charge in [0.2, 0.25) is 0 Å². The Bertz CT molecular complexity index is 441. The molecular formula is C15H24N4O. The van der Waals surface area contributed by atoms with Gasteiger partial charge in [0, 0.05) is 18.4 Å². The first kappa shape index (κ1) is 14.8. The molecule has 0 radical (unpaired) electrons. The van der Waals surface area contributed by atoms with E-state index in [1.807, 2.05) is 0 Å². The van der Waals surface area contributed by atoms with E-state index in [9.17, 15) is 4.79 Å². The van der Waals surface area contributed by atoms with Gasteiger partial charge in [-0.2, -0.15) is 0 Å². The molecule has 5 nitrogen and oxygen atoms in total. The van der Waals surface area contributed by atoms with Gasteiger partial charge < -0.3 is 10.7 Å². The lowest BCUT2D eigenvalue weighted by Gasteiger charge is -2.29. The molecule has 0 aromatic carbocycles. The second kappa shape index (κ2) is 7.24. The van der Waals surface area contributed by atoms with Gasteiger partial charge in [0.25, 0.3) is 5.91 Å². The Morgan fingerprint density at radius 2 is 2.15 bits per heavy atom. The van der Waals surface area contributed by atoms with E-state index >= 15 is 0 Å². The number of anilines is 1. The molecule has 1 amide bonds. The number of pyridine rings is 1. The zero-order valence-electron chi connectivity index (χ0n) is 12.1. The quantitative estimate of drug-likeness (QED) is 0.570. The number of nitrogen functional groups attached to an aromatic ring is 1. The SMILES string of the molecule is CCCC1CCC(NC(=O)c2cnccc2NN)CC1. The molecule has 0 spiro atoms. The van der Waals surface area contributed by atoms with Gasteiger partial charge in [0.1, 0.15) is 0 Å². The predicted molar refractivity (Wildman–Crippen MR) is 80.2 cm³/mol. The lowest BCUT2D eigenvalue weighted by Crippen LogP contribution is -2.38. The van der Waals surface area contributed by atoms with E-state index in [4.69, 9.17) is 5.84 Å². The number of nitrogens with one attached hydrogen (secondary N) is 2. The first-order chi connectivity index (χ1) is 9.74. The number of hydrazine groups is 1. The molecule has 0 bridgehead atoms. The number of hydrogen-bond donors (Lipinski definition) is 3. The molecule has 4 N–H and O–H groups in total. The first-order valence-corrected chi connectivity index (χ1v) is 7.46. The minimum atomic E-state index is -0.0926. The van der Waals surface area contributed by atoms with Crippen LogP contribution in [-0.2, 0) is 0 Å². The van der Waals surface area contributed by atoms with Crippen molar-refractivity contribution in [2.24, 2.45) is 11.8 Å². The summed E-state index contributed by atoms with van der Waals surface area (Å²) in [7, 11) is 0. The van der Waals surface area contributed by atoms with Gasteiger partial charge in [-0.05, 0) is 37.7 Å². The van der Waals surface area contributed by atoms with E-state index in [0.29, 0.717) is 11.3 Å². The predicted octanol–water partition coefficient (Wildman–Crippen LogP) is 2.46. The fourth-order valence-electron chi connectivity index (χ4n) is 2.97. The van der Waals surface area contributed by atoms with E-state index < -0.39 is 0 Å². The summed E-state index contributed by atoms with van der Waals surface area (Å²) in [5.41, 5.74) is 3.65. The summed E-state index contributed by atoms with van der Waals surface area (Å²) in [6, 6.07) is 1.98. The molecule has 1 saturated carbocycles. The third kappa shape index (κ3) is 3.70. The average molecular weight is 276 g/mol. The van der Waals surface area contributed by atoms with Crippen molar-refractivity contribution in [3.8, 4) is 0 Å². The standard InChI is InChI=1S/C15H24N4O/c1-2-3-11-4-6-12(7-5-11)18-15(20)13-10-17-9-8-14(13)19-16/h8-12H,2-7,16H2,1H3,(H,17,19)(H,18,20). The largest absolute Gasteiger partial charge is 0.349 e. The smallest absolute Gasteiger partial charge is 0.255 e. The summed E-state index contributed by atoms with van der Waals surface area (Å²) in [4.78, 5) is 16.2. The van der Waals surface area contributed by atoms with Crippen LogP contribution in [0.4, 0.5) is 5.69 Å². The molecule has 1 heterocycles. The third-order valence-electron chi connectivity index (χ3n) is 4.10. The number of nitrogens with two attached hydrogens (primary N) is 1. The highest BCUT2D eigenvalue weighted by Gasteiger charge is 2.23. The van der Waals surface area contributed by atoms with Crippen molar-refractivity contribution in [2.75, 3.05) is 5.43 Å². The van der Waals surface area contributed by atoms with Crippen molar-refractivity contribution in [1.29, 1.82) is 0 Å². The minimum Gasteiger partial charge on any atom is -0.349 e. The highest BCUT2D eigenvalue weighted by molar-refractivity contribution is 5.99. The third-order valence-corrected chi connectivity index (χ3v) is 4.10. The summed E-state index contributed by atoms with van der Waals surface area (Å²) in [6.45, 7) is 2.23. The van der Waals surface area contributed by atoms with Crippen molar-refractivity contribution in [1.82, 2.24) is 10.3 Å². The number of amides is 1. The van der Waals surface area contributed by atoms with Crippen LogP contribution in [0.5, 0.6) is 0 Å². The van der Waals surface area contributed by atoms with Crippen molar-refractivity contribution < 1.29 is 4.79 Å². The van der Waals surface area contributed by atoms with Gasteiger partial charge in [-0.25, -0.2) is 0 Å². The summed E-state index contributed by atoms with van der Waals surface area (Å²) >= 11 is 0. The zero-order chi connectivity index (χ0) is 14.4. The van der Waals surface area contributed by atoms with Crippen LogP contribution in [0, 0.1) is 5.92 Å². The summed E-state index contributed by atoms with van der Waals surface area (Å²) < 4.78 is 0. The van der Waals surface area contributed by atoms with Crippen LogP contribution in [0.25, 0.3) is 0 Å². The monoisotopic (exact) mass is 276 g/mol. The maximum absolute atomic E-state index is 12.3.